The molecule has 0 saturated carbocycles. The Morgan fingerprint density at radius 1 is 1.19 bits per heavy atom. The second-order valence-corrected chi connectivity index (χ2v) is 10.9. The van der Waals surface area contributed by atoms with Gasteiger partial charge in [0.15, 0.2) is 5.65 Å². The molecular weight excluding hydrogens is 491 g/mol. The smallest absolute Gasteiger partial charge is 0.303 e. The summed E-state index contributed by atoms with van der Waals surface area (Å²) in [5.41, 5.74) is 2.31. The maximum Gasteiger partial charge on any atom is 0.303 e. The zero-order valence-electron chi connectivity index (χ0n) is 21.8. The van der Waals surface area contributed by atoms with E-state index in [9.17, 15) is 4.79 Å². The summed E-state index contributed by atoms with van der Waals surface area (Å²) >= 11 is 1.60. The summed E-state index contributed by atoms with van der Waals surface area (Å²) in [7, 11) is 1.51. The molecule has 0 spiro atoms. The lowest BCUT2D eigenvalue weighted by atomic mass is 9.98. The molecule has 0 N–H and O–H groups in total. The number of nitrogens with zero attached hydrogens (tertiary/aromatic N) is 8. The Labute approximate surface area is 218 Å². The van der Waals surface area contributed by atoms with Gasteiger partial charge in [-0.15, -0.1) is 0 Å². The van der Waals surface area contributed by atoms with Crippen molar-refractivity contribution in [1.29, 1.82) is 5.26 Å². The molecule has 3 atom stereocenters. The highest BCUT2D eigenvalue weighted by Crippen LogP contribution is 2.34. The summed E-state index contributed by atoms with van der Waals surface area (Å²) in [5.74, 6) is -0.799. The summed E-state index contributed by atoms with van der Waals surface area (Å²) in [5, 5.41) is 10.2. The average Bonchev–Trinajstić information content (AvgIpc) is 3.48. The van der Waals surface area contributed by atoms with Crippen molar-refractivity contribution in [2.75, 3.05) is 18.0 Å². The number of hydrogen-bond acceptors (Lipinski definition) is 8. The third-order valence-electron chi connectivity index (χ3n) is 7.50. The van der Waals surface area contributed by atoms with Crippen LogP contribution in [0, 0.1) is 24.1 Å². The average molecular weight is 523 g/mol. The Hall–Kier alpha value is -3.36. The molecule has 194 valence electrons. The van der Waals surface area contributed by atoms with Gasteiger partial charge in [-0.3, -0.25) is 9.69 Å². The molecule has 1 unspecified atom stereocenters. The molecule has 5 rings (SSSR count). The van der Waals surface area contributed by atoms with Gasteiger partial charge in [-0.1, -0.05) is 25.2 Å². The van der Waals surface area contributed by atoms with Crippen LogP contribution in [0.1, 0.15) is 56.1 Å². The molecular formula is C26H31FN8OS. The fourth-order valence-electron chi connectivity index (χ4n) is 5.44. The number of halogens is 1. The third-order valence-corrected chi connectivity index (χ3v) is 8.38. The first-order chi connectivity index (χ1) is 17.8. The first-order valence-corrected chi connectivity index (χ1v) is 13.5. The largest absolute Gasteiger partial charge is 0.360 e. The Balaban J connectivity index is 1.54. The summed E-state index contributed by atoms with van der Waals surface area (Å²) in [6, 6.07) is 6.34. The normalized spacial score (nSPS) is 19.5. The fraction of sp³-hybridized carbons (Fsp3) is 0.500. The van der Waals surface area contributed by atoms with Crippen molar-refractivity contribution in [2.45, 2.75) is 65.1 Å². The number of hydrogen-bond donors (Lipinski definition) is 0. The Bertz CT molecular complexity index is 1570. The van der Waals surface area contributed by atoms with E-state index in [1.165, 1.54) is 11.7 Å². The highest BCUT2D eigenvalue weighted by Gasteiger charge is 2.38. The van der Waals surface area contributed by atoms with Crippen LogP contribution in [0.25, 0.3) is 16.0 Å². The van der Waals surface area contributed by atoms with Crippen LogP contribution < -0.4 is 10.5 Å². The zero-order chi connectivity index (χ0) is 26.4. The van der Waals surface area contributed by atoms with Crippen LogP contribution in [0.15, 0.2) is 23.1 Å². The van der Waals surface area contributed by atoms with Crippen LogP contribution in [-0.4, -0.2) is 54.2 Å². The summed E-state index contributed by atoms with van der Waals surface area (Å²) in [4.78, 5) is 32.3. The van der Waals surface area contributed by atoms with Crippen LogP contribution in [0.5, 0.6) is 0 Å². The number of pyridine rings is 1. The van der Waals surface area contributed by atoms with Gasteiger partial charge < -0.3 is 4.90 Å². The van der Waals surface area contributed by atoms with Crippen LogP contribution >= 0.6 is 11.3 Å². The van der Waals surface area contributed by atoms with Crippen molar-refractivity contribution in [3.8, 4) is 6.07 Å². The predicted molar refractivity (Wildman–Crippen MR) is 142 cm³/mol. The van der Waals surface area contributed by atoms with Crippen molar-refractivity contribution < 1.29 is 4.39 Å². The van der Waals surface area contributed by atoms with E-state index in [1.54, 1.807) is 22.0 Å². The lowest BCUT2D eigenvalue weighted by Crippen LogP contribution is -2.59. The topological polar surface area (TPSA) is 95.4 Å². The number of imidazole rings is 1. The molecule has 4 aromatic heterocycles. The molecule has 11 heteroatoms. The quantitative estimate of drug-likeness (QED) is 0.378. The molecule has 1 fully saturated rings. The Kier molecular flexibility index (Phi) is 6.72. The SMILES string of the molecule is CC[C@H]1CN(C(C)c2ccc3nc(C)sc3n2)[C@H](CC)CN1c1c(F)c(=O)n(C)n2cc(CC#N)nc12. The van der Waals surface area contributed by atoms with E-state index in [0.29, 0.717) is 24.4 Å². The number of fused-ring (bicyclic) bond motifs is 2. The monoisotopic (exact) mass is 522 g/mol. The molecule has 0 radical (unpaired) electrons. The third kappa shape index (κ3) is 4.28. The van der Waals surface area contributed by atoms with Crippen LogP contribution in [0.3, 0.4) is 0 Å². The van der Waals surface area contributed by atoms with Crippen LogP contribution in [0.2, 0.25) is 0 Å². The standard InChI is InChI=1S/C26H31FN8OS/c1-6-18-14-34(23-22(27)26(36)32(5)35-12-17(10-11-28)30-24(23)35)19(7-2)13-33(18)15(3)20-8-9-21-25(31-20)37-16(4)29-21/h8-9,12,15,18-19H,6-7,10,13-14H2,1-5H3/t15?,18-,19+/m1/s1. The molecule has 1 saturated heterocycles. The second kappa shape index (κ2) is 9.84. The summed E-state index contributed by atoms with van der Waals surface area (Å²) in [6.45, 7) is 9.64. The second-order valence-electron chi connectivity index (χ2n) is 9.67. The van der Waals surface area contributed by atoms with Crippen molar-refractivity contribution in [3.05, 3.63) is 50.9 Å². The van der Waals surface area contributed by atoms with Crippen molar-refractivity contribution in [2.24, 2.45) is 7.05 Å². The maximum absolute atomic E-state index is 15.7. The van der Waals surface area contributed by atoms with E-state index in [4.69, 9.17) is 10.2 Å². The van der Waals surface area contributed by atoms with Gasteiger partial charge in [0.2, 0.25) is 5.82 Å². The van der Waals surface area contributed by atoms with E-state index >= 15 is 4.39 Å². The number of aryl methyl sites for hydroxylation is 2. The number of anilines is 1. The highest BCUT2D eigenvalue weighted by atomic mass is 32.1. The molecule has 1 aliphatic rings. The van der Waals surface area contributed by atoms with E-state index in [0.717, 1.165) is 33.9 Å². The van der Waals surface area contributed by atoms with Gasteiger partial charge in [-0.25, -0.2) is 24.1 Å². The van der Waals surface area contributed by atoms with E-state index in [2.05, 4.69) is 47.8 Å². The minimum atomic E-state index is -0.799. The molecule has 4 aromatic rings. The van der Waals surface area contributed by atoms with E-state index in [1.807, 2.05) is 17.9 Å². The number of aromatic nitrogens is 5. The minimum Gasteiger partial charge on any atom is -0.360 e. The zero-order valence-corrected chi connectivity index (χ0v) is 22.6. The molecule has 1 aliphatic heterocycles. The van der Waals surface area contributed by atoms with Crippen LogP contribution in [-0.2, 0) is 13.5 Å². The number of rotatable bonds is 6. The van der Waals surface area contributed by atoms with Gasteiger partial charge in [0.25, 0.3) is 0 Å². The fourth-order valence-corrected chi connectivity index (χ4v) is 6.24. The first-order valence-electron chi connectivity index (χ1n) is 12.7. The van der Waals surface area contributed by atoms with E-state index in [-0.39, 0.29) is 30.2 Å². The van der Waals surface area contributed by atoms with Gasteiger partial charge in [0, 0.05) is 38.3 Å². The summed E-state index contributed by atoms with van der Waals surface area (Å²) < 4.78 is 18.4. The molecule has 0 amide bonds. The maximum atomic E-state index is 15.7. The molecule has 37 heavy (non-hydrogen) atoms. The van der Waals surface area contributed by atoms with Crippen LogP contribution in [0.4, 0.5) is 10.1 Å². The highest BCUT2D eigenvalue weighted by molar-refractivity contribution is 7.18. The Morgan fingerprint density at radius 2 is 1.95 bits per heavy atom. The summed E-state index contributed by atoms with van der Waals surface area (Å²) in [6.07, 6.45) is 3.36. The molecule has 0 aromatic carbocycles. The van der Waals surface area contributed by atoms with Gasteiger partial charge in [0.1, 0.15) is 16.0 Å². The van der Waals surface area contributed by atoms with E-state index < -0.39 is 11.4 Å². The van der Waals surface area contributed by atoms with Gasteiger partial charge >= 0.3 is 5.56 Å². The number of nitriles is 1. The van der Waals surface area contributed by atoms with Gasteiger partial charge in [0.05, 0.1) is 35.1 Å². The Morgan fingerprint density at radius 3 is 2.65 bits per heavy atom. The first kappa shape index (κ1) is 25.3. The molecule has 5 heterocycles. The van der Waals surface area contributed by atoms with Crippen molar-refractivity contribution in [1.82, 2.24) is 29.0 Å². The minimum absolute atomic E-state index is 0.0267. The lowest BCUT2D eigenvalue weighted by Gasteiger charge is -2.49. The number of piperazine rings is 1. The number of thiazole rings is 1. The molecule has 0 bridgehead atoms. The van der Waals surface area contributed by atoms with Gasteiger partial charge in [-0.2, -0.15) is 9.65 Å². The lowest BCUT2D eigenvalue weighted by molar-refractivity contribution is 0.0989. The molecule has 9 nitrogen and oxygen atoms in total. The predicted octanol–water partition coefficient (Wildman–Crippen LogP) is 3.99. The van der Waals surface area contributed by atoms with Crippen molar-refractivity contribution in [3.63, 3.8) is 0 Å². The van der Waals surface area contributed by atoms with Crippen molar-refractivity contribution >= 4 is 33.0 Å². The molecule has 0 aliphatic carbocycles. The van der Waals surface area contributed by atoms with Gasteiger partial charge in [-0.05, 0) is 38.8 Å².